The molecule has 3 aromatic rings. The lowest BCUT2D eigenvalue weighted by atomic mass is 9.96. The number of nitrogens with two attached hydrogens (primary N) is 2. The maximum absolute atomic E-state index is 11.3. The van der Waals surface area contributed by atoms with Gasteiger partial charge in [0, 0.05) is 18.1 Å². The molecule has 7 nitrogen and oxygen atoms in total. The number of hydrogen-bond donors (Lipinski definition) is 2. The topological polar surface area (TPSA) is 114 Å². The van der Waals surface area contributed by atoms with Gasteiger partial charge in [-0.05, 0) is 48.7 Å². The second-order valence-electron chi connectivity index (χ2n) is 6.36. The summed E-state index contributed by atoms with van der Waals surface area (Å²) >= 11 is 0. The van der Waals surface area contributed by atoms with Crippen LogP contribution in [0.1, 0.15) is 29.7 Å². The van der Waals surface area contributed by atoms with Crippen molar-refractivity contribution in [1.82, 2.24) is 9.97 Å². The molecule has 0 aliphatic heterocycles. The van der Waals surface area contributed by atoms with Crippen molar-refractivity contribution in [2.45, 2.75) is 19.8 Å². The summed E-state index contributed by atoms with van der Waals surface area (Å²) in [5.41, 5.74) is 15.6. The minimum absolute atomic E-state index is 0.0987. The third-order valence-corrected chi connectivity index (χ3v) is 4.35. The number of nitrogens with zero attached hydrogens (tertiary/aromatic N) is 3. The Balaban J connectivity index is 1.98. The van der Waals surface area contributed by atoms with Crippen LogP contribution in [0.15, 0.2) is 42.7 Å². The van der Waals surface area contributed by atoms with E-state index >= 15 is 0 Å². The summed E-state index contributed by atoms with van der Waals surface area (Å²) in [7, 11) is 1.62. The summed E-state index contributed by atoms with van der Waals surface area (Å²) in [6.07, 6.45) is 2.93. The number of anilines is 2. The zero-order valence-corrected chi connectivity index (χ0v) is 15.9. The van der Waals surface area contributed by atoms with Crippen LogP contribution in [-0.4, -0.2) is 17.1 Å². The molecule has 1 atom stereocenters. The Morgan fingerprint density at radius 3 is 2.46 bits per heavy atom. The maximum atomic E-state index is 11.3. The summed E-state index contributed by atoms with van der Waals surface area (Å²) in [5, 5.41) is 11.3. The summed E-state index contributed by atoms with van der Waals surface area (Å²) in [6.45, 7) is 3.79. The van der Waals surface area contributed by atoms with Crippen LogP contribution < -0.4 is 20.9 Å². The fraction of sp³-hybridized carbons (Fsp3) is 0.190. The Morgan fingerprint density at radius 1 is 1.11 bits per heavy atom. The normalized spacial score (nSPS) is 11.4. The first-order valence-electron chi connectivity index (χ1n) is 8.66. The number of methoxy groups -OCH3 is 1. The molecule has 0 bridgehead atoms. The number of hydrogen-bond acceptors (Lipinski definition) is 6. The number of aryl methyl sites for hydroxylation is 1. The van der Waals surface area contributed by atoms with E-state index in [0.29, 0.717) is 17.0 Å². The van der Waals surface area contributed by atoms with Gasteiger partial charge < -0.3 is 21.4 Å². The van der Waals surface area contributed by atoms with Gasteiger partial charge in [0.05, 0.1) is 18.4 Å². The number of aromatic nitrogens is 3. The Morgan fingerprint density at radius 2 is 1.82 bits per heavy atom. The van der Waals surface area contributed by atoms with Crippen LogP contribution in [0, 0.1) is 24.0 Å². The van der Waals surface area contributed by atoms with E-state index in [-0.39, 0.29) is 17.7 Å². The SMILES string of the molecule is COc1cc(-c2cc[n+]([O-])cc2)cc(C(C)C#Cc2c(C)nc(N)nc2N)c1. The van der Waals surface area contributed by atoms with Crippen LogP contribution in [0.25, 0.3) is 11.1 Å². The highest BCUT2D eigenvalue weighted by Gasteiger charge is 2.10. The monoisotopic (exact) mass is 375 g/mol. The molecule has 0 aliphatic rings. The molecule has 1 aromatic carbocycles. The van der Waals surface area contributed by atoms with E-state index in [4.69, 9.17) is 16.2 Å². The van der Waals surface area contributed by atoms with Gasteiger partial charge in [-0.2, -0.15) is 9.71 Å². The zero-order chi connectivity index (χ0) is 20.3. The molecule has 4 N–H and O–H groups in total. The van der Waals surface area contributed by atoms with Crippen molar-refractivity contribution in [2.24, 2.45) is 0 Å². The zero-order valence-electron chi connectivity index (χ0n) is 15.9. The molecule has 0 saturated carbocycles. The lowest BCUT2D eigenvalue weighted by molar-refractivity contribution is -0.605. The Hall–Kier alpha value is -3.79. The van der Waals surface area contributed by atoms with E-state index in [1.54, 1.807) is 26.2 Å². The van der Waals surface area contributed by atoms with Gasteiger partial charge in [-0.3, -0.25) is 0 Å². The Kier molecular flexibility index (Phi) is 5.32. The molecule has 1 unspecified atom stereocenters. The number of benzene rings is 1. The van der Waals surface area contributed by atoms with Crippen LogP contribution in [0.2, 0.25) is 0 Å². The highest BCUT2D eigenvalue weighted by Crippen LogP contribution is 2.29. The molecule has 0 amide bonds. The van der Waals surface area contributed by atoms with E-state index < -0.39 is 0 Å². The fourth-order valence-corrected chi connectivity index (χ4v) is 2.80. The van der Waals surface area contributed by atoms with Gasteiger partial charge >= 0.3 is 0 Å². The predicted molar refractivity (Wildman–Crippen MR) is 108 cm³/mol. The molecule has 0 radical (unpaired) electrons. The summed E-state index contributed by atoms with van der Waals surface area (Å²) < 4.78 is 6.19. The molecule has 2 heterocycles. The van der Waals surface area contributed by atoms with E-state index in [1.807, 2.05) is 25.1 Å². The smallest absolute Gasteiger partial charge is 0.222 e. The first kappa shape index (κ1) is 19.0. The average molecular weight is 375 g/mol. The van der Waals surface area contributed by atoms with Crippen molar-refractivity contribution < 1.29 is 9.47 Å². The minimum Gasteiger partial charge on any atom is -0.619 e. The number of rotatable bonds is 3. The standard InChI is InChI=1S/C21H21N5O2/c1-13(4-5-19-14(2)24-21(23)25-20(19)22)16-10-17(12-18(11-16)28-3)15-6-8-26(27)9-7-15/h6-13H,1-3H3,(H4,22,23,24,25). The molecule has 2 aromatic heterocycles. The van der Waals surface area contributed by atoms with Crippen molar-refractivity contribution in [2.75, 3.05) is 18.6 Å². The third-order valence-electron chi connectivity index (χ3n) is 4.35. The minimum atomic E-state index is -0.0987. The second-order valence-corrected chi connectivity index (χ2v) is 6.36. The molecule has 0 saturated heterocycles. The summed E-state index contributed by atoms with van der Waals surface area (Å²) in [5.74, 6) is 7.28. The van der Waals surface area contributed by atoms with Crippen LogP contribution in [0.3, 0.4) is 0 Å². The van der Waals surface area contributed by atoms with Crippen LogP contribution >= 0.6 is 0 Å². The largest absolute Gasteiger partial charge is 0.619 e. The number of nitrogen functional groups attached to an aromatic ring is 2. The molecule has 7 heteroatoms. The van der Waals surface area contributed by atoms with Crippen LogP contribution in [-0.2, 0) is 0 Å². The average Bonchev–Trinajstić information content (AvgIpc) is 2.67. The van der Waals surface area contributed by atoms with E-state index in [0.717, 1.165) is 21.4 Å². The molecular weight excluding hydrogens is 354 g/mol. The van der Waals surface area contributed by atoms with Crippen molar-refractivity contribution in [3.8, 4) is 28.7 Å². The lowest BCUT2D eigenvalue weighted by Gasteiger charge is -2.11. The molecule has 3 rings (SSSR count). The van der Waals surface area contributed by atoms with Crippen molar-refractivity contribution in [3.63, 3.8) is 0 Å². The first-order chi connectivity index (χ1) is 13.4. The number of pyridine rings is 1. The maximum Gasteiger partial charge on any atom is 0.222 e. The molecule has 28 heavy (non-hydrogen) atoms. The van der Waals surface area contributed by atoms with Gasteiger partial charge in [-0.25, -0.2) is 4.98 Å². The van der Waals surface area contributed by atoms with Crippen molar-refractivity contribution in [1.29, 1.82) is 0 Å². The fourth-order valence-electron chi connectivity index (χ4n) is 2.80. The molecule has 0 spiro atoms. The molecule has 142 valence electrons. The van der Waals surface area contributed by atoms with Gasteiger partial charge in [-0.1, -0.05) is 11.8 Å². The molecule has 0 fully saturated rings. The number of ether oxygens (including phenoxy) is 1. The van der Waals surface area contributed by atoms with Gasteiger partial charge in [0.15, 0.2) is 12.4 Å². The predicted octanol–water partition coefficient (Wildman–Crippen LogP) is 2.41. The first-order valence-corrected chi connectivity index (χ1v) is 8.66. The van der Waals surface area contributed by atoms with Crippen molar-refractivity contribution in [3.05, 3.63) is 64.8 Å². The van der Waals surface area contributed by atoms with Gasteiger partial charge in [0.25, 0.3) is 0 Å². The Bertz CT molecular complexity index is 1050. The van der Waals surface area contributed by atoms with Crippen LogP contribution in [0.4, 0.5) is 11.8 Å². The second kappa shape index (κ2) is 7.84. The quantitative estimate of drug-likeness (QED) is 0.413. The lowest BCUT2D eigenvalue weighted by Crippen LogP contribution is -2.23. The van der Waals surface area contributed by atoms with Gasteiger partial charge in [-0.15, -0.1) is 0 Å². The van der Waals surface area contributed by atoms with E-state index in [9.17, 15) is 5.21 Å². The molecular formula is C21H21N5O2. The van der Waals surface area contributed by atoms with Crippen LogP contribution in [0.5, 0.6) is 5.75 Å². The third kappa shape index (κ3) is 4.13. The highest BCUT2D eigenvalue weighted by atomic mass is 16.5. The molecule has 0 aliphatic carbocycles. The van der Waals surface area contributed by atoms with Crippen molar-refractivity contribution >= 4 is 11.8 Å². The van der Waals surface area contributed by atoms with E-state index in [2.05, 4.69) is 21.8 Å². The summed E-state index contributed by atoms with van der Waals surface area (Å²) in [4.78, 5) is 8.08. The van der Waals surface area contributed by atoms with Gasteiger partial charge in [0.1, 0.15) is 11.6 Å². The Labute approximate surface area is 163 Å². The highest BCUT2D eigenvalue weighted by molar-refractivity contribution is 5.66. The van der Waals surface area contributed by atoms with Gasteiger partial charge in [0.2, 0.25) is 5.95 Å². The van der Waals surface area contributed by atoms with E-state index in [1.165, 1.54) is 12.4 Å². The summed E-state index contributed by atoms with van der Waals surface area (Å²) in [6, 6.07) is 9.41.